The van der Waals surface area contributed by atoms with E-state index in [4.69, 9.17) is 0 Å². The molecule has 6 heteroatoms. The Balaban J connectivity index is 1.60. The van der Waals surface area contributed by atoms with Gasteiger partial charge in [-0.3, -0.25) is 9.89 Å². The molecule has 20 heavy (non-hydrogen) atoms. The van der Waals surface area contributed by atoms with Crippen molar-refractivity contribution in [3.63, 3.8) is 0 Å². The Hall–Kier alpha value is -1.69. The minimum atomic E-state index is -0.0478. The Labute approximate surface area is 121 Å². The third kappa shape index (κ3) is 2.90. The third-order valence-corrected chi connectivity index (χ3v) is 4.58. The van der Waals surface area contributed by atoms with Crippen molar-refractivity contribution >= 4 is 23.1 Å². The van der Waals surface area contributed by atoms with Crippen molar-refractivity contribution in [1.82, 2.24) is 15.2 Å². The van der Waals surface area contributed by atoms with E-state index < -0.39 is 0 Å². The predicted molar refractivity (Wildman–Crippen MR) is 78.7 cm³/mol. The first-order valence-electron chi connectivity index (χ1n) is 6.78. The van der Waals surface area contributed by atoms with Crippen molar-refractivity contribution in [2.24, 2.45) is 0 Å². The van der Waals surface area contributed by atoms with E-state index in [1.807, 2.05) is 13.0 Å². The van der Waals surface area contributed by atoms with E-state index in [-0.39, 0.29) is 5.91 Å². The zero-order valence-electron chi connectivity index (χ0n) is 11.3. The normalized spacial score (nSPS) is 15.7. The van der Waals surface area contributed by atoms with Gasteiger partial charge in [0, 0.05) is 22.6 Å². The van der Waals surface area contributed by atoms with Crippen LogP contribution in [-0.4, -0.2) is 21.1 Å². The van der Waals surface area contributed by atoms with Gasteiger partial charge in [-0.25, -0.2) is 4.98 Å². The molecule has 1 amide bonds. The maximum Gasteiger partial charge on any atom is 0.230 e. The highest BCUT2D eigenvalue weighted by molar-refractivity contribution is 7.09. The number of aryl methyl sites for hydroxylation is 1. The largest absolute Gasteiger partial charge is 0.309 e. The average Bonchev–Trinajstić information content (AvgIpc) is 3.12. The van der Waals surface area contributed by atoms with Crippen LogP contribution in [0.3, 0.4) is 0 Å². The van der Waals surface area contributed by atoms with Gasteiger partial charge in [0.1, 0.15) is 0 Å². The molecule has 1 fully saturated rings. The molecule has 1 saturated carbocycles. The number of anilines is 1. The van der Waals surface area contributed by atoms with E-state index in [9.17, 15) is 4.79 Å². The van der Waals surface area contributed by atoms with E-state index in [1.165, 1.54) is 11.3 Å². The van der Waals surface area contributed by atoms with Gasteiger partial charge < -0.3 is 5.32 Å². The summed E-state index contributed by atoms with van der Waals surface area (Å²) in [6.07, 6.45) is 6.08. The molecule has 2 N–H and O–H groups in total. The molecule has 0 aliphatic heterocycles. The first-order chi connectivity index (χ1) is 9.72. The number of carbonyl (C=O) groups excluding carboxylic acids is 1. The van der Waals surface area contributed by atoms with Gasteiger partial charge in [-0.15, -0.1) is 11.3 Å². The summed E-state index contributed by atoms with van der Waals surface area (Å²) in [4.78, 5) is 17.1. The fourth-order valence-corrected chi connectivity index (χ4v) is 3.25. The monoisotopic (exact) mass is 289 g/mol. The van der Waals surface area contributed by atoms with Crippen LogP contribution >= 0.6 is 11.3 Å². The standard InChI is InChI=1S/C14H17N4OS/c1-9-12(20-8-15-9)7-14(19)16-13-6-11(17-18-13)10-4-2-3-5-10/h2,6,8,10H,3-5,7H2,1H3,(H2,16,17,18,19)/t10-/m0/s1. The van der Waals surface area contributed by atoms with Crippen molar-refractivity contribution in [3.8, 4) is 0 Å². The highest BCUT2D eigenvalue weighted by Crippen LogP contribution is 2.33. The number of rotatable bonds is 4. The fraction of sp³-hybridized carbons (Fsp3) is 0.429. The van der Waals surface area contributed by atoms with Crippen molar-refractivity contribution < 1.29 is 4.79 Å². The molecule has 2 heterocycles. The number of amides is 1. The minimum absolute atomic E-state index is 0.0478. The molecule has 0 saturated heterocycles. The zero-order chi connectivity index (χ0) is 13.9. The molecule has 0 aromatic carbocycles. The molecule has 0 bridgehead atoms. The first kappa shape index (κ1) is 13.3. The Morgan fingerprint density at radius 3 is 3.20 bits per heavy atom. The number of hydrogen-bond donors (Lipinski definition) is 2. The van der Waals surface area contributed by atoms with E-state index >= 15 is 0 Å². The van der Waals surface area contributed by atoms with Gasteiger partial charge in [-0.05, 0) is 32.6 Å². The molecule has 3 rings (SSSR count). The SMILES string of the molecule is Cc1ncsc1CC(=O)Nc1cc([C@H]2C[CH]CC2)[nH]n1. The average molecular weight is 289 g/mol. The Morgan fingerprint density at radius 2 is 2.50 bits per heavy atom. The molecule has 5 nitrogen and oxygen atoms in total. The highest BCUT2D eigenvalue weighted by atomic mass is 32.1. The summed E-state index contributed by atoms with van der Waals surface area (Å²) in [5.41, 5.74) is 3.80. The quantitative estimate of drug-likeness (QED) is 0.909. The number of H-pyrrole nitrogens is 1. The number of aromatic amines is 1. The van der Waals surface area contributed by atoms with Gasteiger partial charge in [-0.1, -0.05) is 0 Å². The number of nitrogens with zero attached hydrogens (tertiary/aromatic N) is 2. The lowest BCUT2D eigenvalue weighted by molar-refractivity contribution is -0.115. The fourth-order valence-electron chi connectivity index (χ4n) is 2.48. The molecule has 0 unspecified atom stereocenters. The van der Waals surface area contributed by atoms with Gasteiger partial charge in [0.15, 0.2) is 5.82 Å². The summed E-state index contributed by atoms with van der Waals surface area (Å²) < 4.78 is 0. The van der Waals surface area contributed by atoms with Crippen LogP contribution in [0, 0.1) is 13.3 Å². The van der Waals surface area contributed by atoms with Crippen molar-refractivity contribution in [2.75, 3.05) is 5.32 Å². The number of thiazole rings is 1. The lowest BCUT2D eigenvalue weighted by Crippen LogP contribution is -2.14. The second-order valence-electron chi connectivity index (χ2n) is 5.09. The first-order valence-corrected chi connectivity index (χ1v) is 7.66. The van der Waals surface area contributed by atoms with Crippen LogP contribution in [0.5, 0.6) is 0 Å². The van der Waals surface area contributed by atoms with Gasteiger partial charge in [0.2, 0.25) is 5.91 Å². The summed E-state index contributed by atoms with van der Waals surface area (Å²) in [6, 6.07) is 1.95. The highest BCUT2D eigenvalue weighted by Gasteiger charge is 2.19. The molecular weight excluding hydrogens is 272 g/mol. The van der Waals surface area contributed by atoms with Crippen LogP contribution in [0.25, 0.3) is 0 Å². The number of carbonyl (C=O) groups is 1. The third-order valence-electron chi connectivity index (χ3n) is 3.64. The smallest absolute Gasteiger partial charge is 0.230 e. The second-order valence-corrected chi connectivity index (χ2v) is 6.03. The lowest BCUT2D eigenvalue weighted by atomic mass is 10.0. The van der Waals surface area contributed by atoms with E-state index in [0.29, 0.717) is 18.2 Å². The van der Waals surface area contributed by atoms with E-state index in [1.54, 1.807) is 5.51 Å². The lowest BCUT2D eigenvalue weighted by Gasteiger charge is -2.03. The summed E-state index contributed by atoms with van der Waals surface area (Å²) in [5, 5.41) is 10.0. The van der Waals surface area contributed by atoms with Gasteiger partial charge >= 0.3 is 0 Å². The molecule has 2 aromatic rings. The summed E-state index contributed by atoms with van der Waals surface area (Å²) in [7, 11) is 0. The molecular formula is C14H17N4OS. The second kappa shape index (κ2) is 5.75. The maximum absolute atomic E-state index is 12.0. The van der Waals surface area contributed by atoms with Crippen molar-refractivity contribution in [3.05, 3.63) is 34.3 Å². The topological polar surface area (TPSA) is 70.7 Å². The Kier molecular flexibility index (Phi) is 3.82. The van der Waals surface area contributed by atoms with E-state index in [2.05, 4.69) is 26.9 Å². The van der Waals surface area contributed by atoms with Crippen LogP contribution in [0.15, 0.2) is 11.6 Å². The van der Waals surface area contributed by atoms with Crippen LogP contribution in [-0.2, 0) is 11.2 Å². The molecule has 105 valence electrons. The van der Waals surface area contributed by atoms with Crippen LogP contribution < -0.4 is 5.32 Å². The van der Waals surface area contributed by atoms with Gasteiger partial charge in [-0.2, -0.15) is 5.10 Å². The Morgan fingerprint density at radius 1 is 1.60 bits per heavy atom. The van der Waals surface area contributed by atoms with E-state index in [0.717, 1.165) is 35.5 Å². The number of hydrogen-bond acceptors (Lipinski definition) is 4. The number of nitrogens with one attached hydrogen (secondary N) is 2. The maximum atomic E-state index is 12.0. The molecule has 1 aliphatic rings. The predicted octanol–water partition coefficient (Wildman–Crippen LogP) is 2.83. The summed E-state index contributed by atoms with van der Waals surface area (Å²) in [6.45, 7) is 1.92. The van der Waals surface area contributed by atoms with Crippen LogP contribution in [0.1, 0.15) is 41.4 Å². The molecule has 0 spiro atoms. The Bertz CT molecular complexity index is 598. The van der Waals surface area contributed by atoms with Gasteiger partial charge in [0.25, 0.3) is 0 Å². The zero-order valence-corrected chi connectivity index (χ0v) is 12.2. The van der Waals surface area contributed by atoms with Crippen molar-refractivity contribution in [1.29, 1.82) is 0 Å². The number of aromatic nitrogens is 3. The van der Waals surface area contributed by atoms with Gasteiger partial charge in [0.05, 0.1) is 17.6 Å². The van der Waals surface area contributed by atoms with Crippen molar-refractivity contribution in [2.45, 2.75) is 38.5 Å². The summed E-state index contributed by atoms with van der Waals surface area (Å²) >= 11 is 1.51. The molecule has 1 atom stereocenters. The van der Waals surface area contributed by atoms with Crippen LogP contribution in [0.2, 0.25) is 0 Å². The molecule has 1 radical (unpaired) electrons. The van der Waals surface area contributed by atoms with Crippen LogP contribution in [0.4, 0.5) is 5.82 Å². The summed E-state index contributed by atoms with van der Waals surface area (Å²) in [5.74, 6) is 1.09. The molecule has 1 aliphatic carbocycles. The minimum Gasteiger partial charge on any atom is -0.309 e. The molecule has 2 aromatic heterocycles.